The number of aliphatic carboxylic acids is 1. The molecule has 0 aliphatic rings. The van der Waals surface area contributed by atoms with Crippen LogP contribution in [-0.4, -0.2) is 24.1 Å². The van der Waals surface area contributed by atoms with Crippen LogP contribution in [0.25, 0.3) is 0 Å². The van der Waals surface area contributed by atoms with Gasteiger partial charge in [-0.25, -0.2) is 4.79 Å². The molecule has 0 saturated carbocycles. The first-order valence-electron chi connectivity index (χ1n) is 3.20. The number of ether oxygens (including phenoxy) is 1. The second-order valence-electron chi connectivity index (χ2n) is 1.98. The Morgan fingerprint density at radius 1 is 1.55 bits per heavy atom. The van der Waals surface area contributed by atoms with Crippen molar-refractivity contribution < 1.29 is 19.4 Å². The van der Waals surface area contributed by atoms with E-state index >= 15 is 0 Å². The average Bonchev–Trinajstić information content (AvgIpc) is 1.98. The largest absolute Gasteiger partial charge is 0.490 e. The molecule has 0 spiro atoms. The first kappa shape index (κ1) is 9.72. The summed E-state index contributed by atoms with van der Waals surface area (Å²) in [7, 11) is 1.36. The molecule has 0 rings (SSSR count). The van der Waals surface area contributed by atoms with Gasteiger partial charge in [0.05, 0.1) is 7.11 Å². The maximum absolute atomic E-state index is 10.0. The van der Waals surface area contributed by atoms with Gasteiger partial charge >= 0.3 is 5.97 Å². The Kier molecular flexibility index (Phi) is 4.86. The quantitative estimate of drug-likeness (QED) is 0.470. The SMILES string of the molecule is COC(=C=O)CCCC(=O)O. The first-order valence-corrected chi connectivity index (χ1v) is 3.20. The highest BCUT2D eigenvalue weighted by molar-refractivity contribution is 5.66. The molecule has 0 heterocycles. The summed E-state index contributed by atoms with van der Waals surface area (Å²) in [6.45, 7) is 0. The van der Waals surface area contributed by atoms with Crippen LogP contribution in [0.1, 0.15) is 19.3 Å². The molecule has 0 atom stereocenters. The van der Waals surface area contributed by atoms with Gasteiger partial charge in [-0.2, -0.15) is 0 Å². The molecule has 0 aliphatic carbocycles. The van der Waals surface area contributed by atoms with Crippen LogP contribution in [0, 0.1) is 0 Å². The fourth-order valence-electron chi connectivity index (χ4n) is 0.595. The number of carboxylic acid groups (broad SMARTS) is 1. The molecule has 0 saturated heterocycles. The first-order chi connectivity index (χ1) is 5.20. The number of carbonyl (C=O) groups is 1. The van der Waals surface area contributed by atoms with E-state index in [9.17, 15) is 9.59 Å². The fourth-order valence-corrected chi connectivity index (χ4v) is 0.595. The zero-order valence-electron chi connectivity index (χ0n) is 6.29. The monoisotopic (exact) mass is 158 g/mol. The van der Waals surface area contributed by atoms with E-state index in [1.54, 1.807) is 5.94 Å². The molecular weight excluding hydrogens is 148 g/mol. The molecule has 62 valence electrons. The van der Waals surface area contributed by atoms with Crippen molar-refractivity contribution in [2.75, 3.05) is 7.11 Å². The van der Waals surface area contributed by atoms with Crippen LogP contribution < -0.4 is 0 Å². The van der Waals surface area contributed by atoms with Crippen LogP contribution in [0.5, 0.6) is 0 Å². The van der Waals surface area contributed by atoms with Crippen molar-refractivity contribution in [3.8, 4) is 0 Å². The summed E-state index contributed by atoms with van der Waals surface area (Å²) in [4.78, 5) is 20.0. The molecule has 4 heteroatoms. The molecule has 0 fully saturated rings. The average molecular weight is 158 g/mol. The Hall–Kier alpha value is -1.28. The number of carbonyl (C=O) groups excluding carboxylic acids is 1. The van der Waals surface area contributed by atoms with Crippen molar-refractivity contribution in [3.05, 3.63) is 5.76 Å². The van der Waals surface area contributed by atoms with Crippen molar-refractivity contribution in [2.45, 2.75) is 19.3 Å². The van der Waals surface area contributed by atoms with Gasteiger partial charge in [0.25, 0.3) is 0 Å². The van der Waals surface area contributed by atoms with Gasteiger partial charge in [0.15, 0.2) is 11.7 Å². The predicted molar refractivity (Wildman–Crippen MR) is 37.7 cm³/mol. The standard InChI is InChI=1S/C7H10O4/c1-11-6(5-8)3-2-4-7(9)10/h2-4H2,1H3,(H,9,10). The molecular formula is C7H10O4. The molecule has 0 radical (unpaired) electrons. The van der Waals surface area contributed by atoms with Gasteiger partial charge in [0, 0.05) is 12.8 Å². The summed E-state index contributed by atoms with van der Waals surface area (Å²) in [6, 6.07) is 0. The van der Waals surface area contributed by atoms with Crippen molar-refractivity contribution >= 4 is 11.9 Å². The number of carboxylic acids is 1. The smallest absolute Gasteiger partial charge is 0.303 e. The fraction of sp³-hybridized carbons (Fsp3) is 0.571. The lowest BCUT2D eigenvalue weighted by atomic mass is 10.2. The summed E-state index contributed by atoms with van der Waals surface area (Å²) in [5, 5.41) is 8.22. The lowest BCUT2D eigenvalue weighted by Gasteiger charge is -1.98. The number of hydrogen-bond donors (Lipinski definition) is 1. The Bertz CT molecular complexity index is 179. The highest BCUT2D eigenvalue weighted by Crippen LogP contribution is 2.03. The Morgan fingerprint density at radius 2 is 2.18 bits per heavy atom. The third-order valence-corrected chi connectivity index (χ3v) is 1.15. The summed E-state index contributed by atoms with van der Waals surface area (Å²) >= 11 is 0. The summed E-state index contributed by atoms with van der Waals surface area (Å²) in [5.41, 5.74) is 0. The van der Waals surface area contributed by atoms with Gasteiger partial charge in [-0.15, -0.1) is 0 Å². The third-order valence-electron chi connectivity index (χ3n) is 1.15. The van der Waals surface area contributed by atoms with Crippen molar-refractivity contribution in [3.63, 3.8) is 0 Å². The van der Waals surface area contributed by atoms with E-state index < -0.39 is 5.97 Å². The number of methoxy groups -OCH3 is 1. The highest BCUT2D eigenvalue weighted by atomic mass is 16.5. The van der Waals surface area contributed by atoms with Crippen molar-refractivity contribution in [1.29, 1.82) is 0 Å². The van der Waals surface area contributed by atoms with Crippen LogP contribution in [0.15, 0.2) is 5.76 Å². The van der Waals surface area contributed by atoms with Gasteiger partial charge in [0.1, 0.15) is 0 Å². The second-order valence-corrected chi connectivity index (χ2v) is 1.98. The van der Waals surface area contributed by atoms with Crippen LogP contribution in [0.4, 0.5) is 0 Å². The normalized spacial score (nSPS) is 8.45. The molecule has 4 nitrogen and oxygen atoms in total. The topological polar surface area (TPSA) is 63.6 Å². The zero-order chi connectivity index (χ0) is 8.69. The third kappa shape index (κ3) is 5.18. The lowest BCUT2D eigenvalue weighted by Crippen LogP contribution is -1.95. The molecule has 1 N–H and O–H groups in total. The minimum atomic E-state index is -0.869. The van der Waals surface area contributed by atoms with E-state index in [0.29, 0.717) is 12.8 Å². The van der Waals surface area contributed by atoms with Gasteiger partial charge in [-0.1, -0.05) is 0 Å². The molecule has 0 amide bonds. The van der Waals surface area contributed by atoms with Crippen molar-refractivity contribution in [1.82, 2.24) is 0 Å². The van der Waals surface area contributed by atoms with Crippen molar-refractivity contribution in [2.24, 2.45) is 0 Å². The summed E-state index contributed by atoms with van der Waals surface area (Å²) in [5.74, 6) is 0.880. The van der Waals surface area contributed by atoms with E-state index in [4.69, 9.17) is 5.11 Å². The van der Waals surface area contributed by atoms with Crippen LogP contribution in [-0.2, 0) is 14.3 Å². The van der Waals surface area contributed by atoms with E-state index in [1.165, 1.54) is 7.11 Å². The maximum Gasteiger partial charge on any atom is 0.303 e. The number of hydrogen-bond acceptors (Lipinski definition) is 3. The number of rotatable bonds is 5. The van der Waals surface area contributed by atoms with Crippen LogP contribution >= 0.6 is 0 Å². The van der Waals surface area contributed by atoms with E-state index in [-0.39, 0.29) is 12.2 Å². The summed E-state index contributed by atoms with van der Waals surface area (Å²) < 4.78 is 4.58. The lowest BCUT2D eigenvalue weighted by molar-refractivity contribution is -0.137. The maximum atomic E-state index is 10.0. The van der Waals surface area contributed by atoms with Crippen LogP contribution in [0.2, 0.25) is 0 Å². The van der Waals surface area contributed by atoms with E-state index in [1.807, 2.05) is 0 Å². The van der Waals surface area contributed by atoms with Gasteiger partial charge < -0.3 is 9.84 Å². The molecule has 0 bridgehead atoms. The van der Waals surface area contributed by atoms with Gasteiger partial charge in [-0.05, 0) is 6.42 Å². The predicted octanol–water partition coefficient (Wildman–Crippen LogP) is 0.603. The van der Waals surface area contributed by atoms with E-state index in [2.05, 4.69) is 4.74 Å². The van der Waals surface area contributed by atoms with Crippen LogP contribution in [0.3, 0.4) is 0 Å². The summed E-state index contributed by atoms with van der Waals surface area (Å²) in [6.07, 6.45) is 0.800. The molecule has 0 aliphatic heterocycles. The molecule has 0 aromatic carbocycles. The second kappa shape index (κ2) is 5.50. The van der Waals surface area contributed by atoms with Gasteiger partial charge in [-0.3, -0.25) is 4.79 Å². The zero-order valence-corrected chi connectivity index (χ0v) is 6.29. The Labute approximate surface area is 64.5 Å². The molecule has 11 heavy (non-hydrogen) atoms. The minimum absolute atomic E-state index is 0.0501. The number of allylic oxidation sites excluding steroid dienone is 1. The molecule has 0 aromatic heterocycles. The molecule has 0 unspecified atom stereocenters. The van der Waals surface area contributed by atoms with Gasteiger partial charge in [0.2, 0.25) is 0 Å². The highest BCUT2D eigenvalue weighted by Gasteiger charge is 2.00. The Balaban J connectivity index is 3.53. The van der Waals surface area contributed by atoms with E-state index in [0.717, 1.165) is 0 Å². The Morgan fingerprint density at radius 3 is 2.55 bits per heavy atom. The minimum Gasteiger partial charge on any atom is -0.490 e. The molecule has 0 aromatic rings.